The summed E-state index contributed by atoms with van der Waals surface area (Å²) in [7, 11) is 0. The van der Waals surface area contributed by atoms with Crippen molar-refractivity contribution in [3.63, 3.8) is 0 Å². The van der Waals surface area contributed by atoms with E-state index in [1.807, 2.05) is 56.3 Å². The van der Waals surface area contributed by atoms with Gasteiger partial charge in [0.15, 0.2) is 0 Å². The van der Waals surface area contributed by atoms with Gasteiger partial charge in [-0.15, -0.1) is 0 Å². The van der Waals surface area contributed by atoms with Crippen LogP contribution >= 0.6 is 0 Å². The molecule has 2 heterocycles. The lowest BCUT2D eigenvalue weighted by Gasteiger charge is -2.29. The number of aryl methyl sites for hydroxylation is 1. The second-order valence-electron chi connectivity index (χ2n) is 10.6. The molecule has 8 nitrogen and oxygen atoms in total. The summed E-state index contributed by atoms with van der Waals surface area (Å²) < 4.78 is 17.0. The highest BCUT2D eigenvalue weighted by atomic mass is 16.5. The van der Waals surface area contributed by atoms with Crippen molar-refractivity contribution in [3.8, 4) is 11.5 Å². The molecule has 2 aliphatic heterocycles. The lowest BCUT2D eigenvalue weighted by molar-refractivity contribution is -0.140. The molecule has 0 saturated carbocycles. The van der Waals surface area contributed by atoms with Crippen LogP contribution in [0, 0.1) is 6.92 Å². The number of carbonyl (C=O) groups excluding carboxylic acids is 2. The molecule has 0 radical (unpaired) electrons. The molecule has 0 spiro atoms. The van der Waals surface area contributed by atoms with Gasteiger partial charge < -0.3 is 24.2 Å². The Morgan fingerprint density at radius 1 is 0.929 bits per heavy atom. The number of amides is 1. The topological polar surface area (TPSA) is 88.5 Å². The summed E-state index contributed by atoms with van der Waals surface area (Å²) in [6.07, 6.45) is 0.702. The van der Waals surface area contributed by atoms with E-state index in [2.05, 4.69) is 11.0 Å². The zero-order valence-corrected chi connectivity index (χ0v) is 24.3. The van der Waals surface area contributed by atoms with E-state index in [4.69, 9.17) is 14.2 Å². The van der Waals surface area contributed by atoms with Gasteiger partial charge in [-0.2, -0.15) is 0 Å². The first-order valence-corrected chi connectivity index (χ1v) is 14.5. The number of hydrogen-bond donors (Lipinski definition) is 1. The van der Waals surface area contributed by atoms with E-state index in [0.717, 1.165) is 36.3 Å². The van der Waals surface area contributed by atoms with Crippen LogP contribution in [0.4, 0.5) is 0 Å². The Morgan fingerprint density at radius 2 is 1.62 bits per heavy atom. The van der Waals surface area contributed by atoms with Gasteiger partial charge in [-0.3, -0.25) is 14.5 Å². The molecule has 220 valence electrons. The molecule has 1 N–H and O–H groups in total. The number of hydrogen-bond acceptors (Lipinski definition) is 7. The quantitative estimate of drug-likeness (QED) is 0.195. The summed E-state index contributed by atoms with van der Waals surface area (Å²) in [6, 6.07) is 21.7. The lowest BCUT2D eigenvalue weighted by atomic mass is 9.95. The summed E-state index contributed by atoms with van der Waals surface area (Å²) in [5.74, 6) is -0.146. The number of ketones is 1. The SMILES string of the molecule is CCOc1ccc(C2/C(=C(\O)c3ccc(OCc4cccc(C)c4)cc3)C(=O)C(=O)N2CCCN2CCOCC2)cc1. The standard InChI is InChI=1S/C34H38N2O6/c1-3-41-28-12-8-26(9-13-28)31-30(33(38)34(39)36(31)17-5-16-35-18-20-40-21-19-35)32(37)27-10-14-29(15-11-27)42-23-25-7-4-6-24(2)22-25/h4,6-15,22,31,37H,3,5,16-21,23H2,1-2H3/b32-30+. The van der Waals surface area contributed by atoms with Crippen LogP contribution in [-0.4, -0.2) is 72.6 Å². The molecule has 42 heavy (non-hydrogen) atoms. The van der Waals surface area contributed by atoms with Gasteiger partial charge in [0, 0.05) is 31.7 Å². The first kappa shape index (κ1) is 29.4. The van der Waals surface area contributed by atoms with Gasteiger partial charge in [0.1, 0.15) is 23.9 Å². The van der Waals surface area contributed by atoms with Crippen LogP contribution in [0.1, 0.15) is 41.6 Å². The van der Waals surface area contributed by atoms with Crippen LogP contribution < -0.4 is 9.47 Å². The van der Waals surface area contributed by atoms with Crippen LogP contribution in [0.3, 0.4) is 0 Å². The lowest BCUT2D eigenvalue weighted by Crippen LogP contribution is -2.38. The number of nitrogens with zero attached hydrogens (tertiary/aromatic N) is 2. The van der Waals surface area contributed by atoms with Crippen LogP contribution in [-0.2, 0) is 20.9 Å². The average Bonchev–Trinajstić information content (AvgIpc) is 3.26. The smallest absolute Gasteiger partial charge is 0.295 e. The third kappa shape index (κ3) is 6.83. The number of rotatable bonds is 11. The number of carbonyl (C=O) groups is 2. The Kier molecular flexibility index (Phi) is 9.56. The zero-order valence-electron chi connectivity index (χ0n) is 24.3. The molecule has 1 amide bonds. The number of ether oxygens (including phenoxy) is 3. The van der Waals surface area contributed by atoms with E-state index in [1.165, 1.54) is 0 Å². The molecular formula is C34H38N2O6. The molecule has 8 heteroatoms. The number of benzene rings is 3. The summed E-state index contributed by atoms with van der Waals surface area (Å²) in [6.45, 7) is 9.20. The van der Waals surface area contributed by atoms with Crippen molar-refractivity contribution in [2.24, 2.45) is 0 Å². The van der Waals surface area contributed by atoms with Crippen LogP contribution in [0.5, 0.6) is 11.5 Å². The Morgan fingerprint density at radius 3 is 2.31 bits per heavy atom. The number of Topliss-reactive ketones (excluding diaryl/α,β-unsaturated/α-hetero) is 1. The highest BCUT2D eigenvalue weighted by molar-refractivity contribution is 6.46. The predicted molar refractivity (Wildman–Crippen MR) is 160 cm³/mol. The second kappa shape index (κ2) is 13.7. The van der Waals surface area contributed by atoms with Gasteiger partial charge in [0.2, 0.25) is 0 Å². The largest absolute Gasteiger partial charge is 0.507 e. The van der Waals surface area contributed by atoms with Crippen LogP contribution in [0.2, 0.25) is 0 Å². The molecule has 0 aromatic heterocycles. The maximum Gasteiger partial charge on any atom is 0.295 e. The molecule has 2 aliphatic rings. The van der Waals surface area contributed by atoms with Crippen molar-refractivity contribution in [2.45, 2.75) is 32.9 Å². The average molecular weight is 571 g/mol. The minimum absolute atomic E-state index is 0.0870. The molecule has 3 aromatic rings. The minimum Gasteiger partial charge on any atom is -0.507 e. The van der Waals surface area contributed by atoms with Gasteiger partial charge >= 0.3 is 0 Å². The molecule has 0 aliphatic carbocycles. The predicted octanol–water partition coefficient (Wildman–Crippen LogP) is 5.12. The normalized spacial score (nSPS) is 18.8. The Labute approximate surface area is 247 Å². The van der Waals surface area contributed by atoms with Gasteiger partial charge in [-0.1, -0.05) is 42.0 Å². The van der Waals surface area contributed by atoms with Crippen molar-refractivity contribution < 1.29 is 28.9 Å². The van der Waals surface area contributed by atoms with E-state index in [1.54, 1.807) is 29.2 Å². The van der Waals surface area contributed by atoms with Crippen LogP contribution in [0.25, 0.3) is 5.76 Å². The van der Waals surface area contributed by atoms with Crippen molar-refractivity contribution in [1.29, 1.82) is 0 Å². The van der Waals surface area contributed by atoms with Crippen LogP contribution in [0.15, 0.2) is 78.4 Å². The van der Waals surface area contributed by atoms with Gasteiger partial charge in [-0.05, 0) is 67.8 Å². The second-order valence-corrected chi connectivity index (χ2v) is 10.6. The summed E-state index contributed by atoms with van der Waals surface area (Å²) in [5, 5.41) is 11.4. The molecule has 2 saturated heterocycles. The molecule has 1 atom stereocenters. The first-order valence-electron chi connectivity index (χ1n) is 14.5. The van der Waals surface area contributed by atoms with E-state index in [9.17, 15) is 14.7 Å². The molecule has 2 fully saturated rings. The van der Waals surface area contributed by atoms with E-state index < -0.39 is 17.7 Å². The Balaban J connectivity index is 1.39. The molecule has 5 rings (SSSR count). The third-order valence-corrected chi connectivity index (χ3v) is 7.64. The number of morpholine rings is 1. The number of aliphatic hydroxyl groups excluding tert-OH is 1. The molecule has 0 bridgehead atoms. The summed E-state index contributed by atoms with van der Waals surface area (Å²) in [5.41, 5.74) is 3.50. The van der Waals surface area contributed by atoms with Crippen molar-refractivity contribution >= 4 is 17.4 Å². The van der Waals surface area contributed by atoms with Gasteiger partial charge in [0.25, 0.3) is 11.7 Å². The maximum absolute atomic E-state index is 13.4. The fourth-order valence-electron chi connectivity index (χ4n) is 5.49. The fraction of sp³-hybridized carbons (Fsp3) is 0.353. The highest BCUT2D eigenvalue weighted by Gasteiger charge is 2.45. The summed E-state index contributed by atoms with van der Waals surface area (Å²) in [4.78, 5) is 30.6. The highest BCUT2D eigenvalue weighted by Crippen LogP contribution is 2.40. The molecule has 1 unspecified atom stereocenters. The van der Waals surface area contributed by atoms with Crippen molar-refractivity contribution in [1.82, 2.24) is 9.80 Å². The summed E-state index contributed by atoms with van der Waals surface area (Å²) >= 11 is 0. The van der Waals surface area contributed by atoms with E-state index in [-0.39, 0.29) is 11.3 Å². The number of likely N-dealkylation sites (tertiary alicyclic amines) is 1. The van der Waals surface area contributed by atoms with Gasteiger partial charge in [-0.25, -0.2) is 0 Å². The number of aliphatic hydroxyl groups is 1. The van der Waals surface area contributed by atoms with Crippen molar-refractivity contribution in [3.05, 3.63) is 101 Å². The van der Waals surface area contributed by atoms with Gasteiger partial charge in [0.05, 0.1) is 31.4 Å². The van der Waals surface area contributed by atoms with Crippen molar-refractivity contribution in [2.75, 3.05) is 46.0 Å². The Bertz CT molecular complexity index is 1410. The fourth-order valence-corrected chi connectivity index (χ4v) is 5.49. The monoisotopic (exact) mass is 570 g/mol. The maximum atomic E-state index is 13.4. The Hall–Kier alpha value is -4.14. The molecule has 3 aromatic carbocycles. The molecular weight excluding hydrogens is 532 g/mol. The zero-order chi connectivity index (χ0) is 29.5. The third-order valence-electron chi connectivity index (χ3n) is 7.64. The first-order chi connectivity index (χ1) is 20.4. The van der Waals surface area contributed by atoms with E-state index in [0.29, 0.717) is 56.5 Å². The minimum atomic E-state index is -0.706. The van der Waals surface area contributed by atoms with E-state index >= 15 is 0 Å².